The Morgan fingerprint density at radius 3 is 2.07 bits per heavy atom. The molecule has 3 aromatic carbocycles. The average molecular weight is 627 g/mol. The van der Waals surface area contributed by atoms with Crippen LogP contribution >= 0.6 is 0 Å². The van der Waals surface area contributed by atoms with E-state index in [0.717, 1.165) is 37.7 Å². The molecule has 0 N–H and O–H groups in total. The van der Waals surface area contributed by atoms with E-state index in [-0.39, 0.29) is 30.1 Å². The number of esters is 1. The van der Waals surface area contributed by atoms with Crippen molar-refractivity contribution >= 4 is 5.97 Å². The van der Waals surface area contributed by atoms with Gasteiger partial charge in [0, 0.05) is 11.0 Å². The maximum atomic E-state index is 15.4. The first-order valence-corrected chi connectivity index (χ1v) is 16.3. The quantitative estimate of drug-likeness (QED) is 0.121. The number of hydrogen-bond donors (Lipinski definition) is 0. The van der Waals surface area contributed by atoms with E-state index in [4.69, 9.17) is 14.2 Å². The Morgan fingerprint density at radius 1 is 0.756 bits per heavy atom. The fraction of sp³-hybridized carbons (Fsp3) is 0.486. The van der Waals surface area contributed by atoms with Gasteiger partial charge in [0.1, 0.15) is 6.10 Å². The Kier molecular flexibility index (Phi) is 10.7. The first kappa shape index (κ1) is 32.8. The maximum absolute atomic E-state index is 15.4. The number of carbonyl (C=O) groups is 1. The van der Waals surface area contributed by atoms with Crippen molar-refractivity contribution in [3.8, 4) is 11.5 Å². The molecule has 2 saturated carbocycles. The minimum absolute atomic E-state index is 0.0653. The lowest BCUT2D eigenvalue weighted by molar-refractivity contribution is 0.0194. The van der Waals surface area contributed by atoms with E-state index in [1.165, 1.54) is 12.1 Å². The molecule has 2 aliphatic rings. The summed E-state index contributed by atoms with van der Waals surface area (Å²) in [6, 6.07) is 13.2. The lowest BCUT2D eigenvalue weighted by Crippen LogP contribution is -2.32. The molecule has 0 radical (unpaired) electrons. The van der Waals surface area contributed by atoms with E-state index in [2.05, 4.69) is 0 Å². The standard InChI is InChI=1S/C37H42F4O4/c1-3-5-23-44-31-19-17-28(32(38)34(31)40)24-11-15-27(16-12-24)45-36(42)25-9-13-26(14-10-25)37(21-7-6-8-22-37)29-18-20-30(43-4-2)35(41)33(29)39/h9-10,13-14,17-20,24,27H,3-8,11-12,15-16,21-23H2,1-2H3/t24-,27-. The molecule has 0 aliphatic heterocycles. The van der Waals surface area contributed by atoms with Gasteiger partial charge in [0.15, 0.2) is 23.1 Å². The molecule has 0 saturated heterocycles. The van der Waals surface area contributed by atoms with Gasteiger partial charge in [-0.2, -0.15) is 8.78 Å². The van der Waals surface area contributed by atoms with E-state index >= 15 is 4.39 Å². The predicted octanol–water partition coefficient (Wildman–Crippen LogP) is 9.95. The second-order valence-corrected chi connectivity index (χ2v) is 12.3. The van der Waals surface area contributed by atoms with Crippen LogP contribution in [0.2, 0.25) is 0 Å². The number of halogens is 4. The zero-order valence-corrected chi connectivity index (χ0v) is 26.1. The molecule has 0 bridgehead atoms. The van der Waals surface area contributed by atoms with Gasteiger partial charge >= 0.3 is 5.97 Å². The highest BCUT2D eigenvalue weighted by Crippen LogP contribution is 2.47. The summed E-state index contributed by atoms with van der Waals surface area (Å²) in [4.78, 5) is 13.1. The molecule has 0 unspecified atom stereocenters. The molecule has 2 fully saturated rings. The number of unbranched alkanes of at least 4 members (excludes halogenated alkanes) is 1. The fourth-order valence-electron chi connectivity index (χ4n) is 6.97. The molecule has 0 aromatic heterocycles. The van der Waals surface area contributed by atoms with Crippen LogP contribution in [0.15, 0.2) is 48.5 Å². The largest absolute Gasteiger partial charge is 0.491 e. The number of carbonyl (C=O) groups excluding carboxylic acids is 1. The van der Waals surface area contributed by atoms with Crippen LogP contribution in [0.25, 0.3) is 0 Å². The summed E-state index contributed by atoms with van der Waals surface area (Å²) < 4.78 is 76.3. The predicted molar refractivity (Wildman–Crippen MR) is 165 cm³/mol. The highest BCUT2D eigenvalue weighted by atomic mass is 19.2. The Balaban J connectivity index is 1.24. The van der Waals surface area contributed by atoms with Crippen LogP contribution in [0.1, 0.15) is 117 Å². The maximum Gasteiger partial charge on any atom is 0.338 e. The Bertz CT molecular complexity index is 1460. The van der Waals surface area contributed by atoms with Crippen molar-refractivity contribution in [3.05, 3.63) is 94.1 Å². The normalized spacial score (nSPS) is 19.6. The Hall–Kier alpha value is -3.55. The highest BCUT2D eigenvalue weighted by molar-refractivity contribution is 5.89. The molecule has 242 valence electrons. The summed E-state index contributed by atoms with van der Waals surface area (Å²) in [7, 11) is 0. The lowest BCUT2D eigenvalue weighted by Gasteiger charge is -2.39. The summed E-state index contributed by atoms with van der Waals surface area (Å²) in [6.45, 7) is 4.30. The van der Waals surface area contributed by atoms with Gasteiger partial charge in [0.25, 0.3) is 0 Å². The molecular formula is C37H42F4O4. The first-order valence-electron chi connectivity index (χ1n) is 16.3. The average Bonchev–Trinajstić information content (AvgIpc) is 3.06. The number of ether oxygens (including phenoxy) is 3. The molecule has 0 spiro atoms. The van der Waals surface area contributed by atoms with Crippen LogP contribution in [-0.2, 0) is 10.2 Å². The van der Waals surface area contributed by atoms with Crippen molar-refractivity contribution in [2.75, 3.05) is 13.2 Å². The molecule has 0 amide bonds. The van der Waals surface area contributed by atoms with Gasteiger partial charge in [0.2, 0.25) is 11.6 Å². The van der Waals surface area contributed by atoms with Gasteiger partial charge < -0.3 is 14.2 Å². The second-order valence-electron chi connectivity index (χ2n) is 12.3. The highest BCUT2D eigenvalue weighted by Gasteiger charge is 2.39. The monoisotopic (exact) mass is 626 g/mol. The lowest BCUT2D eigenvalue weighted by atomic mass is 9.65. The number of benzene rings is 3. The second kappa shape index (κ2) is 14.7. The minimum atomic E-state index is -0.976. The van der Waals surface area contributed by atoms with Crippen LogP contribution in [0.5, 0.6) is 11.5 Å². The summed E-state index contributed by atoms with van der Waals surface area (Å²) in [6.07, 6.45) is 7.67. The van der Waals surface area contributed by atoms with E-state index < -0.39 is 34.7 Å². The molecule has 0 atom stereocenters. The zero-order valence-electron chi connectivity index (χ0n) is 26.1. The Labute approximate surface area is 263 Å². The summed E-state index contributed by atoms with van der Waals surface area (Å²) in [5.41, 5.74) is 1.14. The van der Waals surface area contributed by atoms with Gasteiger partial charge in [-0.1, -0.05) is 56.9 Å². The van der Waals surface area contributed by atoms with Gasteiger partial charge in [-0.3, -0.25) is 0 Å². The van der Waals surface area contributed by atoms with Gasteiger partial charge in [-0.15, -0.1) is 0 Å². The van der Waals surface area contributed by atoms with Gasteiger partial charge in [-0.05, 0) is 93.2 Å². The van der Waals surface area contributed by atoms with Crippen molar-refractivity contribution in [1.29, 1.82) is 0 Å². The minimum Gasteiger partial charge on any atom is -0.491 e. The van der Waals surface area contributed by atoms with Gasteiger partial charge in [-0.25, -0.2) is 13.6 Å². The molecular weight excluding hydrogens is 584 g/mol. The number of rotatable bonds is 11. The molecule has 0 heterocycles. The van der Waals surface area contributed by atoms with E-state index in [0.29, 0.717) is 61.8 Å². The van der Waals surface area contributed by atoms with E-state index in [9.17, 15) is 18.0 Å². The zero-order chi connectivity index (χ0) is 32.0. The third-order valence-electron chi connectivity index (χ3n) is 9.46. The third kappa shape index (κ3) is 7.00. The van der Waals surface area contributed by atoms with Crippen molar-refractivity contribution in [1.82, 2.24) is 0 Å². The van der Waals surface area contributed by atoms with Crippen LogP contribution in [0.3, 0.4) is 0 Å². The molecule has 45 heavy (non-hydrogen) atoms. The van der Waals surface area contributed by atoms with Crippen LogP contribution in [0, 0.1) is 23.3 Å². The fourth-order valence-corrected chi connectivity index (χ4v) is 6.97. The molecule has 5 rings (SSSR count). The topological polar surface area (TPSA) is 44.8 Å². The molecule has 4 nitrogen and oxygen atoms in total. The third-order valence-corrected chi connectivity index (χ3v) is 9.46. The summed E-state index contributed by atoms with van der Waals surface area (Å²) in [5, 5.41) is 0. The first-order chi connectivity index (χ1) is 21.8. The van der Waals surface area contributed by atoms with E-state index in [1.54, 1.807) is 31.2 Å². The summed E-state index contributed by atoms with van der Waals surface area (Å²) >= 11 is 0. The SMILES string of the molecule is CCCCOc1ccc([C@H]2CC[C@H](OC(=O)c3ccc(C4(c5ccc(OCC)c(F)c5F)CCCCC4)cc3)CC2)c(F)c1F. The molecule has 8 heteroatoms. The van der Waals surface area contributed by atoms with Crippen LogP contribution in [0.4, 0.5) is 17.6 Å². The Morgan fingerprint density at radius 2 is 1.40 bits per heavy atom. The van der Waals surface area contributed by atoms with Crippen LogP contribution in [-0.4, -0.2) is 25.3 Å². The molecule has 2 aliphatic carbocycles. The van der Waals surface area contributed by atoms with Crippen molar-refractivity contribution in [2.45, 2.75) is 102 Å². The smallest absolute Gasteiger partial charge is 0.338 e. The van der Waals surface area contributed by atoms with Crippen molar-refractivity contribution in [2.24, 2.45) is 0 Å². The summed E-state index contributed by atoms with van der Waals surface area (Å²) in [5.74, 6) is -4.48. The van der Waals surface area contributed by atoms with Gasteiger partial charge in [0.05, 0.1) is 18.8 Å². The van der Waals surface area contributed by atoms with E-state index in [1.807, 2.05) is 19.1 Å². The van der Waals surface area contributed by atoms with Crippen molar-refractivity contribution < 1.29 is 36.6 Å². The number of hydrogen-bond acceptors (Lipinski definition) is 4. The molecule has 3 aromatic rings. The van der Waals surface area contributed by atoms with Crippen molar-refractivity contribution in [3.63, 3.8) is 0 Å². The van der Waals surface area contributed by atoms with Crippen LogP contribution < -0.4 is 9.47 Å².